The van der Waals surface area contributed by atoms with Crippen LogP contribution < -0.4 is 10.6 Å². The molecule has 0 heterocycles. The van der Waals surface area contributed by atoms with Crippen molar-refractivity contribution >= 4 is 17.4 Å². The van der Waals surface area contributed by atoms with Crippen LogP contribution in [0.15, 0.2) is 42.5 Å². The first kappa shape index (κ1) is 17.0. The van der Waals surface area contributed by atoms with Crippen LogP contribution in [0.1, 0.15) is 33.2 Å². The molecule has 0 aromatic heterocycles. The van der Waals surface area contributed by atoms with E-state index in [2.05, 4.69) is 16.7 Å². The van der Waals surface area contributed by atoms with Crippen molar-refractivity contribution in [1.29, 1.82) is 5.26 Å². The summed E-state index contributed by atoms with van der Waals surface area (Å²) in [5, 5.41) is 24.1. The Morgan fingerprint density at radius 2 is 1.75 bits per heavy atom. The Morgan fingerprint density at radius 3 is 2.38 bits per heavy atom. The molecule has 2 aromatic carbocycles. The number of phenols is 1. The maximum absolute atomic E-state index is 11.9. The lowest BCUT2D eigenvalue weighted by molar-refractivity contribution is 0.0954. The second-order valence-corrected chi connectivity index (χ2v) is 5.16. The predicted molar refractivity (Wildman–Crippen MR) is 90.1 cm³/mol. The molecule has 2 rings (SSSR count). The van der Waals surface area contributed by atoms with Crippen LogP contribution in [0, 0.1) is 11.3 Å². The van der Waals surface area contributed by atoms with E-state index >= 15 is 0 Å². The summed E-state index contributed by atoms with van der Waals surface area (Å²) in [7, 11) is 0. The molecule has 0 atom stereocenters. The molecule has 0 spiro atoms. The molecule has 3 N–H and O–H groups in total. The molecule has 0 unspecified atom stereocenters. The fourth-order valence-corrected chi connectivity index (χ4v) is 2.10. The van der Waals surface area contributed by atoms with E-state index in [0.717, 1.165) is 0 Å². The zero-order valence-corrected chi connectivity index (χ0v) is 13.2. The van der Waals surface area contributed by atoms with Gasteiger partial charge in [-0.15, -0.1) is 0 Å². The van der Waals surface area contributed by atoms with Gasteiger partial charge in [0.05, 0.1) is 11.3 Å². The molecule has 122 valence electrons. The molecule has 0 aliphatic carbocycles. The van der Waals surface area contributed by atoms with E-state index in [-0.39, 0.29) is 17.4 Å². The first-order chi connectivity index (χ1) is 11.5. The number of benzene rings is 2. The Kier molecular flexibility index (Phi) is 5.53. The Bertz CT molecular complexity index is 792. The van der Waals surface area contributed by atoms with Crippen molar-refractivity contribution in [1.82, 2.24) is 5.32 Å². The highest BCUT2D eigenvalue weighted by Crippen LogP contribution is 2.17. The fourth-order valence-electron chi connectivity index (χ4n) is 2.10. The second kappa shape index (κ2) is 7.79. The molecule has 1 amide bonds. The van der Waals surface area contributed by atoms with Gasteiger partial charge in [-0.25, -0.2) is 0 Å². The highest BCUT2D eigenvalue weighted by atomic mass is 16.3. The molecule has 0 bridgehead atoms. The number of ketones is 1. The standard InChI is InChI=1S/C18H17N3O3/c1-12(22)14-2-3-15(11-19)17(10-14)20-8-9-21-18(24)13-4-6-16(23)7-5-13/h2-7,10,20,23H,8-9H2,1H3,(H,21,24). The minimum Gasteiger partial charge on any atom is -0.508 e. The smallest absolute Gasteiger partial charge is 0.251 e. The summed E-state index contributed by atoms with van der Waals surface area (Å²) < 4.78 is 0. The number of carbonyl (C=O) groups excluding carboxylic acids is 2. The van der Waals surface area contributed by atoms with Gasteiger partial charge in [0.1, 0.15) is 11.8 Å². The monoisotopic (exact) mass is 323 g/mol. The SMILES string of the molecule is CC(=O)c1ccc(C#N)c(NCCNC(=O)c2ccc(O)cc2)c1. The summed E-state index contributed by atoms with van der Waals surface area (Å²) in [6.45, 7) is 2.21. The number of hydrogen-bond donors (Lipinski definition) is 3. The molecule has 24 heavy (non-hydrogen) atoms. The summed E-state index contributed by atoms with van der Waals surface area (Å²) in [5.41, 5.74) is 1.96. The normalized spacial score (nSPS) is 9.83. The minimum atomic E-state index is -0.255. The van der Waals surface area contributed by atoms with Crippen LogP contribution in [0.3, 0.4) is 0 Å². The first-order valence-electron chi connectivity index (χ1n) is 7.37. The van der Waals surface area contributed by atoms with E-state index in [0.29, 0.717) is 35.5 Å². The third-order valence-electron chi connectivity index (χ3n) is 3.40. The minimum absolute atomic E-state index is 0.0804. The van der Waals surface area contributed by atoms with Gasteiger partial charge in [-0.3, -0.25) is 9.59 Å². The van der Waals surface area contributed by atoms with Crippen molar-refractivity contribution in [3.63, 3.8) is 0 Å². The van der Waals surface area contributed by atoms with Crippen molar-refractivity contribution < 1.29 is 14.7 Å². The number of amides is 1. The van der Waals surface area contributed by atoms with Gasteiger partial charge < -0.3 is 15.7 Å². The van der Waals surface area contributed by atoms with E-state index in [1.54, 1.807) is 18.2 Å². The van der Waals surface area contributed by atoms with E-state index in [4.69, 9.17) is 5.26 Å². The van der Waals surface area contributed by atoms with Gasteiger partial charge in [0.2, 0.25) is 0 Å². The van der Waals surface area contributed by atoms with Gasteiger partial charge in [0.25, 0.3) is 5.91 Å². The lowest BCUT2D eigenvalue weighted by Gasteiger charge is -2.10. The van der Waals surface area contributed by atoms with Crippen LogP contribution >= 0.6 is 0 Å². The van der Waals surface area contributed by atoms with E-state index in [9.17, 15) is 14.7 Å². The average Bonchev–Trinajstić information content (AvgIpc) is 2.58. The van der Waals surface area contributed by atoms with Crippen molar-refractivity contribution in [2.24, 2.45) is 0 Å². The van der Waals surface area contributed by atoms with Crippen LogP contribution in [-0.2, 0) is 0 Å². The lowest BCUT2D eigenvalue weighted by atomic mass is 10.1. The zero-order chi connectivity index (χ0) is 17.5. The Balaban J connectivity index is 1.91. The van der Waals surface area contributed by atoms with Crippen LogP contribution in [0.4, 0.5) is 5.69 Å². The van der Waals surface area contributed by atoms with Crippen LogP contribution in [0.5, 0.6) is 5.75 Å². The van der Waals surface area contributed by atoms with E-state index in [1.165, 1.54) is 31.2 Å². The number of carbonyl (C=O) groups is 2. The van der Waals surface area contributed by atoms with Crippen LogP contribution in [0.25, 0.3) is 0 Å². The number of nitriles is 1. The summed E-state index contributed by atoms with van der Waals surface area (Å²) in [6, 6.07) is 12.8. The molecule has 0 fully saturated rings. The second-order valence-electron chi connectivity index (χ2n) is 5.16. The number of rotatable bonds is 6. The molecule has 0 radical (unpaired) electrons. The van der Waals surface area contributed by atoms with Crippen LogP contribution in [-0.4, -0.2) is 29.9 Å². The van der Waals surface area contributed by atoms with Gasteiger partial charge in [-0.05, 0) is 49.4 Å². The molecule has 2 aromatic rings. The number of nitrogens with one attached hydrogen (secondary N) is 2. The van der Waals surface area contributed by atoms with Gasteiger partial charge in [-0.2, -0.15) is 5.26 Å². The highest BCUT2D eigenvalue weighted by Gasteiger charge is 2.07. The quantitative estimate of drug-likeness (QED) is 0.559. The number of phenolic OH excluding ortho intramolecular Hbond substituents is 1. The molecule has 6 heteroatoms. The molecule has 6 nitrogen and oxygen atoms in total. The van der Waals surface area contributed by atoms with Crippen LogP contribution in [0.2, 0.25) is 0 Å². The van der Waals surface area contributed by atoms with E-state index < -0.39 is 0 Å². The summed E-state index contributed by atoms with van der Waals surface area (Å²) >= 11 is 0. The molecule has 0 saturated carbocycles. The molecule has 0 aliphatic rings. The number of nitrogens with zero attached hydrogens (tertiary/aromatic N) is 1. The van der Waals surface area contributed by atoms with Crippen molar-refractivity contribution in [3.8, 4) is 11.8 Å². The highest BCUT2D eigenvalue weighted by molar-refractivity contribution is 5.95. The Hall–Kier alpha value is -3.33. The molecule has 0 aliphatic heterocycles. The predicted octanol–water partition coefficient (Wildman–Crippen LogP) is 2.31. The average molecular weight is 323 g/mol. The fraction of sp³-hybridized carbons (Fsp3) is 0.167. The van der Waals surface area contributed by atoms with Gasteiger partial charge in [0.15, 0.2) is 5.78 Å². The first-order valence-corrected chi connectivity index (χ1v) is 7.37. The van der Waals surface area contributed by atoms with Crippen molar-refractivity contribution in [3.05, 3.63) is 59.2 Å². The number of aromatic hydroxyl groups is 1. The van der Waals surface area contributed by atoms with Gasteiger partial charge in [-0.1, -0.05) is 0 Å². The summed E-state index contributed by atoms with van der Waals surface area (Å²) in [5.74, 6) is -0.236. The lowest BCUT2D eigenvalue weighted by Crippen LogP contribution is -2.28. The maximum Gasteiger partial charge on any atom is 0.251 e. The maximum atomic E-state index is 11.9. The number of anilines is 1. The number of hydrogen-bond acceptors (Lipinski definition) is 5. The number of Topliss-reactive ketones (excluding diaryl/α,β-unsaturated/α-hetero) is 1. The molecular weight excluding hydrogens is 306 g/mol. The zero-order valence-electron chi connectivity index (χ0n) is 13.2. The Labute approximate surface area is 139 Å². The van der Waals surface area contributed by atoms with Crippen molar-refractivity contribution in [2.75, 3.05) is 18.4 Å². The van der Waals surface area contributed by atoms with Crippen molar-refractivity contribution in [2.45, 2.75) is 6.92 Å². The molecule has 0 saturated heterocycles. The summed E-state index contributed by atoms with van der Waals surface area (Å²) in [6.07, 6.45) is 0. The largest absolute Gasteiger partial charge is 0.508 e. The topological polar surface area (TPSA) is 102 Å². The van der Waals surface area contributed by atoms with E-state index in [1.807, 2.05) is 0 Å². The third-order valence-corrected chi connectivity index (χ3v) is 3.40. The van der Waals surface area contributed by atoms with Gasteiger partial charge in [0, 0.05) is 24.2 Å². The third kappa shape index (κ3) is 4.34. The summed E-state index contributed by atoms with van der Waals surface area (Å²) in [4.78, 5) is 23.3. The Morgan fingerprint density at radius 1 is 1.08 bits per heavy atom. The molecular formula is C18H17N3O3. The van der Waals surface area contributed by atoms with Gasteiger partial charge >= 0.3 is 0 Å².